The molecule has 3 nitrogen and oxygen atoms in total. The Balaban J connectivity index is 1.90. The summed E-state index contributed by atoms with van der Waals surface area (Å²) in [6, 6.07) is 0. The zero-order valence-corrected chi connectivity index (χ0v) is 11.9. The highest BCUT2D eigenvalue weighted by atomic mass is 16.6. The molecule has 106 valence electrons. The maximum Gasteiger partial charge on any atom is 0.307 e. The molecule has 1 aliphatic heterocycles. The fourth-order valence-electron chi connectivity index (χ4n) is 2.36. The van der Waals surface area contributed by atoms with Gasteiger partial charge in [-0.1, -0.05) is 45.4 Å². The van der Waals surface area contributed by atoms with E-state index in [0.717, 1.165) is 25.8 Å². The van der Waals surface area contributed by atoms with Crippen molar-refractivity contribution in [2.24, 2.45) is 0 Å². The molecule has 1 N–H and O–H groups in total. The van der Waals surface area contributed by atoms with Crippen LogP contribution in [0.2, 0.25) is 0 Å². The van der Waals surface area contributed by atoms with E-state index in [1.807, 2.05) is 0 Å². The molecule has 1 unspecified atom stereocenters. The number of rotatable bonds is 9. The van der Waals surface area contributed by atoms with Gasteiger partial charge in [0.15, 0.2) is 6.23 Å². The van der Waals surface area contributed by atoms with Crippen molar-refractivity contribution >= 4 is 5.97 Å². The van der Waals surface area contributed by atoms with Crippen molar-refractivity contribution in [2.45, 2.75) is 83.8 Å². The molecular formula is C15H29NO2. The second-order valence-corrected chi connectivity index (χ2v) is 5.30. The maximum atomic E-state index is 11.6. The van der Waals surface area contributed by atoms with E-state index in [0.29, 0.717) is 6.42 Å². The summed E-state index contributed by atoms with van der Waals surface area (Å²) in [4.78, 5) is 11.6. The summed E-state index contributed by atoms with van der Waals surface area (Å²) in [6.45, 7) is 3.21. The third-order valence-corrected chi connectivity index (χ3v) is 3.52. The van der Waals surface area contributed by atoms with Gasteiger partial charge in [-0.25, -0.2) is 0 Å². The van der Waals surface area contributed by atoms with Crippen LogP contribution in [0.1, 0.15) is 77.6 Å². The Morgan fingerprint density at radius 1 is 1.11 bits per heavy atom. The number of ether oxygens (including phenoxy) is 1. The van der Waals surface area contributed by atoms with Crippen LogP contribution in [0.5, 0.6) is 0 Å². The monoisotopic (exact) mass is 255 g/mol. The Hall–Kier alpha value is -0.570. The van der Waals surface area contributed by atoms with Crippen LogP contribution in [0, 0.1) is 0 Å². The molecule has 18 heavy (non-hydrogen) atoms. The Labute approximate surface area is 112 Å². The summed E-state index contributed by atoms with van der Waals surface area (Å²) in [5.41, 5.74) is 0. The number of hydrogen-bond donors (Lipinski definition) is 1. The fraction of sp³-hybridized carbons (Fsp3) is 0.933. The molecule has 0 spiro atoms. The van der Waals surface area contributed by atoms with Gasteiger partial charge < -0.3 is 4.74 Å². The van der Waals surface area contributed by atoms with Gasteiger partial charge in [-0.05, 0) is 32.2 Å². The zero-order valence-electron chi connectivity index (χ0n) is 11.9. The van der Waals surface area contributed by atoms with Crippen LogP contribution in [0.15, 0.2) is 0 Å². The predicted molar refractivity (Wildman–Crippen MR) is 74.3 cm³/mol. The average Bonchev–Trinajstić information content (AvgIpc) is 2.39. The first kappa shape index (κ1) is 15.5. The van der Waals surface area contributed by atoms with Crippen LogP contribution >= 0.6 is 0 Å². The molecule has 0 saturated carbocycles. The molecule has 0 aromatic carbocycles. The van der Waals surface area contributed by atoms with E-state index >= 15 is 0 Å². The summed E-state index contributed by atoms with van der Waals surface area (Å²) in [6.07, 6.45) is 12.6. The lowest BCUT2D eigenvalue weighted by atomic mass is 10.1. The molecule has 1 saturated heterocycles. The highest BCUT2D eigenvalue weighted by molar-refractivity contribution is 5.69. The van der Waals surface area contributed by atoms with Crippen molar-refractivity contribution in [3.63, 3.8) is 0 Å². The third-order valence-electron chi connectivity index (χ3n) is 3.52. The Bertz CT molecular complexity index is 213. The van der Waals surface area contributed by atoms with E-state index in [4.69, 9.17) is 4.74 Å². The minimum atomic E-state index is -0.0250. The van der Waals surface area contributed by atoms with Crippen molar-refractivity contribution in [3.05, 3.63) is 0 Å². The minimum Gasteiger partial charge on any atom is -0.447 e. The first-order valence-corrected chi connectivity index (χ1v) is 7.76. The normalized spacial score (nSPS) is 19.7. The summed E-state index contributed by atoms with van der Waals surface area (Å²) in [5, 5.41) is 3.23. The molecule has 0 amide bonds. The van der Waals surface area contributed by atoms with Crippen molar-refractivity contribution in [2.75, 3.05) is 6.54 Å². The van der Waals surface area contributed by atoms with E-state index in [1.54, 1.807) is 0 Å². The summed E-state index contributed by atoms with van der Waals surface area (Å²) in [7, 11) is 0. The smallest absolute Gasteiger partial charge is 0.307 e. The molecule has 0 aliphatic carbocycles. The van der Waals surface area contributed by atoms with Gasteiger partial charge in [0.25, 0.3) is 0 Å². The largest absolute Gasteiger partial charge is 0.447 e. The van der Waals surface area contributed by atoms with Gasteiger partial charge >= 0.3 is 5.97 Å². The van der Waals surface area contributed by atoms with Gasteiger partial charge in [0.05, 0.1) is 0 Å². The van der Waals surface area contributed by atoms with E-state index < -0.39 is 0 Å². The van der Waals surface area contributed by atoms with Crippen LogP contribution in [-0.4, -0.2) is 18.7 Å². The highest BCUT2D eigenvalue weighted by Gasteiger charge is 2.16. The number of piperidine rings is 1. The second-order valence-electron chi connectivity index (χ2n) is 5.30. The lowest BCUT2D eigenvalue weighted by Crippen LogP contribution is -2.37. The van der Waals surface area contributed by atoms with Crippen LogP contribution in [0.3, 0.4) is 0 Å². The molecule has 0 bridgehead atoms. The fourth-order valence-corrected chi connectivity index (χ4v) is 2.36. The molecule has 0 radical (unpaired) electrons. The second kappa shape index (κ2) is 10.4. The van der Waals surface area contributed by atoms with Gasteiger partial charge in [0.2, 0.25) is 0 Å². The first-order valence-electron chi connectivity index (χ1n) is 7.76. The Morgan fingerprint density at radius 2 is 1.83 bits per heavy atom. The van der Waals surface area contributed by atoms with E-state index in [9.17, 15) is 4.79 Å². The average molecular weight is 255 g/mol. The van der Waals surface area contributed by atoms with Gasteiger partial charge in [-0.15, -0.1) is 0 Å². The summed E-state index contributed by atoms with van der Waals surface area (Å²) >= 11 is 0. The summed E-state index contributed by atoms with van der Waals surface area (Å²) < 4.78 is 5.39. The van der Waals surface area contributed by atoms with Gasteiger partial charge in [0, 0.05) is 6.42 Å². The molecular weight excluding hydrogens is 226 g/mol. The molecule has 3 heteroatoms. The van der Waals surface area contributed by atoms with Crippen molar-refractivity contribution in [1.82, 2.24) is 5.32 Å². The SMILES string of the molecule is CCCCCCCCCC(=O)OC1CCCCN1. The highest BCUT2D eigenvalue weighted by Crippen LogP contribution is 2.11. The minimum absolute atomic E-state index is 0.0178. The Morgan fingerprint density at radius 3 is 2.50 bits per heavy atom. The predicted octanol–water partition coefficient (Wildman–Crippen LogP) is 3.77. The van der Waals surface area contributed by atoms with Crippen LogP contribution in [0.25, 0.3) is 0 Å². The zero-order chi connectivity index (χ0) is 13.1. The molecule has 1 atom stereocenters. The van der Waals surface area contributed by atoms with E-state index in [2.05, 4.69) is 12.2 Å². The third kappa shape index (κ3) is 7.70. The molecule has 0 aromatic rings. The Kier molecular flexibility index (Phi) is 8.92. The van der Waals surface area contributed by atoms with Crippen molar-refractivity contribution < 1.29 is 9.53 Å². The number of nitrogens with one attached hydrogen (secondary N) is 1. The molecule has 1 aliphatic rings. The van der Waals surface area contributed by atoms with Crippen molar-refractivity contribution in [1.29, 1.82) is 0 Å². The van der Waals surface area contributed by atoms with E-state index in [-0.39, 0.29) is 12.2 Å². The maximum absolute atomic E-state index is 11.6. The number of esters is 1. The number of unbranched alkanes of at least 4 members (excludes halogenated alkanes) is 6. The summed E-state index contributed by atoms with van der Waals surface area (Å²) in [5.74, 6) is -0.0250. The molecule has 1 fully saturated rings. The molecule has 0 aromatic heterocycles. The number of hydrogen-bond acceptors (Lipinski definition) is 3. The number of carbonyl (C=O) groups is 1. The van der Waals surface area contributed by atoms with E-state index in [1.165, 1.54) is 44.9 Å². The number of carbonyl (C=O) groups excluding carboxylic acids is 1. The molecule has 1 rings (SSSR count). The first-order chi connectivity index (χ1) is 8.83. The quantitative estimate of drug-likeness (QED) is 0.503. The van der Waals surface area contributed by atoms with Gasteiger partial charge in [0.1, 0.15) is 0 Å². The van der Waals surface area contributed by atoms with Crippen LogP contribution < -0.4 is 5.32 Å². The van der Waals surface area contributed by atoms with Crippen molar-refractivity contribution in [3.8, 4) is 0 Å². The lowest BCUT2D eigenvalue weighted by Gasteiger charge is -2.23. The lowest BCUT2D eigenvalue weighted by molar-refractivity contribution is -0.152. The standard InChI is InChI=1S/C15H29NO2/c1-2-3-4-5-6-7-8-12-15(17)18-14-11-9-10-13-16-14/h14,16H,2-13H2,1H3. The topological polar surface area (TPSA) is 38.3 Å². The molecule has 1 heterocycles. The van der Waals surface area contributed by atoms with Crippen LogP contribution in [-0.2, 0) is 9.53 Å². The van der Waals surface area contributed by atoms with Crippen LogP contribution in [0.4, 0.5) is 0 Å². The van der Waals surface area contributed by atoms with Gasteiger partial charge in [-0.3, -0.25) is 10.1 Å². The van der Waals surface area contributed by atoms with Gasteiger partial charge in [-0.2, -0.15) is 0 Å².